The van der Waals surface area contributed by atoms with Crippen molar-refractivity contribution in [1.82, 2.24) is 5.32 Å². The molecule has 0 radical (unpaired) electrons. The second-order valence-corrected chi connectivity index (χ2v) is 4.20. The number of unbranched alkanes of at least 4 members (excludes halogenated alkanes) is 2. The third-order valence-corrected chi connectivity index (χ3v) is 2.81. The van der Waals surface area contributed by atoms with Crippen molar-refractivity contribution in [3.8, 4) is 0 Å². The second-order valence-electron chi connectivity index (χ2n) is 4.20. The van der Waals surface area contributed by atoms with Crippen molar-refractivity contribution in [2.24, 2.45) is 0 Å². The summed E-state index contributed by atoms with van der Waals surface area (Å²) in [6.07, 6.45) is 7.11. The summed E-state index contributed by atoms with van der Waals surface area (Å²) in [7, 11) is 0. The van der Waals surface area contributed by atoms with Crippen LogP contribution in [-0.4, -0.2) is 6.04 Å². The molecule has 1 aromatic carbocycles. The lowest BCUT2D eigenvalue weighted by molar-refractivity contribution is 0.523. The quantitative estimate of drug-likeness (QED) is 0.514. The van der Waals surface area contributed by atoms with Crippen molar-refractivity contribution in [2.75, 3.05) is 0 Å². The summed E-state index contributed by atoms with van der Waals surface area (Å²) in [5, 5.41) is 3.53. The van der Waals surface area contributed by atoms with Gasteiger partial charge in [-0.3, -0.25) is 0 Å². The van der Waals surface area contributed by atoms with Crippen LogP contribution in [0.15, 0.2) is 43.0 Å². The van der Waals surface area contributed by atoms with Crippen LogP contribution in [0.25, 0.3) is 0 Å². The van der Waals surface area contributed by atoms with Crippen LogP contribution in [0.4, 0.5) is 0 Å². The zero-order valence-corrected chi connectivity index (χ0v) is 10.3. The van der Waals surface area contributed by atoms with Gasteiger partial charge in [0.25, 0.3) is 0 Å². The van der Waals surface area contributed by atoms with Gasteiger partial charge in [0, 0.05) is 12.6 Å². The van der Waals surface area contributed by atoms with Crippen molar-refractivity contribution < 1.29 is 0 Å². The molecular formula is C15H23N. The molecule has 1 N–H and O–H groups in total. The van der Waals surface area contributed by atoms with E-state index in [1.165, 1.54) is 31.2 Å². The molecule has 0 aliphatic carbocycles. The third-order valence-electron chi connectivity index (χ3n) is 2.81. The van der Waals surface area contributed by atoms with Gasteiger partial charge < -0.3 is 5.32 Å². The minimum Gasteiger partial charge on any atom is -0.306 e. The Balaban J connectivity index is 2.26. The van der Waals surface area contributed by atoms with E-state index in [4.69, 9.17) is 0 Å². The zero-order valence-electron chi connectivity index (χ0n) is 10.3. The van der Waals surface area contributed by atoms with Crippen LogP contribution < -0.4 is 5.32 Å². The minimum absolute atomic E-state index is 0.451. The molecule has 1 aromatic rings. The summed E-state index contributed by atoms with van der Waals surface area (Å²) in [4.78, 5) is 0. The van der Waals surface area contributed by atoms with E-state index in [1.54, 1.807) is 0 Å². The van der Waals surface area contributed by atoms with Crippen molar-refractivity contribution in [1.29, 1.82) is 0 Å². The van der Waals surface area contributed by atoms with E-state index >= 15 is 0 Å². The summed E-state index contributed by atoms with van der Waals surface area (Å²) < 4.78 is 0. The van der Waals surface area contributed by atoms with Crippen molar-refractivity contribution in [3.63, 3.8) is 0 Å². The van der Waals surface area contributed by atoms with Gasteiger partial charge in [-0.1, -0.05) is 62.6 Å². The fourth-order valence-corrected chi connectivity index (χ4v) is 1.76. The summed E-state index contributed by atoms with van der Waals surface area (Å²) in [6.45, 7) is 7.06. The fraction of sp³-hybridized carbons (Fsp3) is 0.467. The number of hydrogen-bond donors (Lipinski definition) is 1. The molecule has 1 rings (SSSR count). The predicted molar refractivity (Wildman–Crippen MR) is 71.4 cm³/mol. The highest BCUT2D eigenvalue weighted by Crippen LogP contribution is 2.05. The number of nitrogens with one attached hydrogen (secondary N) is 1. The molecule has 1 atom stereocenters. The molecule has 0 saturated carbocycles. The molecule has 0 heterocycles. The maximum Gasteiger partial charge on any atom is 0.0250 e. The number of rotatable bonds is 8. The Labute approximate surface area is 99.6 Å². The normalized spacial score (nSPS) is 12.3. The molecule has 0 aliphatic heterocycles. The van der Waals surface area contributed by atoms with E-state index in [0.717, 1.165) is 6.54 Å². The van der Waals surface area contributed by atoms with Gasteiger partial charge in [0.15, 0.2) is 0 Å². The smallest absolute Gasteiger partial charge is 0.0250 e. The number of benzene rings is 1. The highest BCUT2D eigenvalue weighted by atomic mass is 14.9. The average Bonchev–Trinajstić information content (AvgIpc) is 2.35. The van der Waals surface area contributed by atoms with Gasteiger partial charge in [-0.15, -0.1) is 6.58 Å². The monoisotopic (exact) mass is 217 g/mol. The Morgan fingerprint density at radius 3 is 2.62 bits per heavy atom. The topological polar surface area (TPSA) is 12.0 Å². The van der Waals surface area contributed by atoms with Crippen LogP contribution in [0, 0.1) is 0 Å². The van der Waals surface area contributed by atoms with Crippen molar-refractivity contribution >= 4 is 0 Å². The molecule has 1 nitrogen and oxygen atoms in total. The van der Waals surface area contributed by atoms with Crippen LogP contribution in [0.2, 0.25) is 0 Å². The number of hydrogen-bond acceptors (Lipinski definition) is 1. The lowest BCUT2D eigenvalue weighted by Crippen LogP contribution is -2.26. The van der Waals surface area contributed by atoms with Crippen molar-refractivity contribution in [2.45, 2.75) is 45.2 Å². The molecule has 0 spiro atoms. The lowest BCUT2D eigenvalue weighted by atomic mass is 10.1. The van der Waals surface area contributed by atoms with E-state index in [1.807, 2.05) is 6.08 Å². The predicted octanol–water partition coefficient (Wildman–Crippen LogP) is 3.91. The first-order valence-corrected chi connectivity index (χ1v) is 6.26. The molecule has 16 heavy (non-hydrogen) atoms. The van der Waals surface area contributed by atoms with E-state index < -0.39 is 0 Å². The largest absolute Gasteiger partial charge is 0.306 e. The van der Waals surface area contributed by atoms with Crippen LogP contribution in [0.5, 0.6) is 0 Å². The summed E-state index contributed by atoms with van der Waals surface area (Å²) >= 11 is 0. The Morgan fingerprint density at radius 1 is 1.25 bits per heavy atom. The molecule has 0 saturated heterocycles. The molecule has 88 valence electrons. The lowest BCUT2D eigenvalue weighted by Gasteiger charge is -2.14. The van der Waals surface area contributed by atoms with Gasteiger partial charge in [-0.25, -0.2) is 0 Å². The first kappa shape index (κ1) is 13.0. The Hall–Kier alpha value is -1.08. The average molecular weight is 217 g/mol. The van der Waals surface area contributed by atoms with Crippen LogP contribution in [0.1, 0.15) is 38.2 Å². The van der Waals surface area contributed by atoms with Gasteiger partial charge in [0.05, 0.1) is 0 Å². The SMILES string of the molecule is C=CC(CCCCC)NCc1ccccc1. The van der Waals surface area contributed by atoms with Crippen LogP contribution in [0.3, 0.4) is 0 Å². The van der Waals surface area contributed by atoms with Gasteiger partial charge >= 0.3 is 0 Å². The highest BCUT2D eigenvalue weighted by molar-refractivity contribution is 5.14. The van der Waals surface area contributed by atoms with Gasteiger partial charge in [-0.05, 0) is 12.0 Å². The molecule has 1 unspecified atom stereocenters. The third kappa shape index (κ3) is 5.13. The highest BCUT2D eigenvalue weighted by Gasteiger charge is 2.02. The maximum absolute atomic E-state index is 3.89. The standard InChI is InChI=1S/C15H23N/c1-3-5-7-12-15(4-2)16-13-14-10-8-6-9-11-14/h4,6,8-11,15-16H,2-3,5,7,12-13H2,1H3. The molecular weight excluding hydrogens is 194 g/mol. The van der Waals surface area contributed by atoms with E-state index in [2.05, 4.69) is 49.2 Å². The van der Waals surface area contributed by atoms with E-state index in [-0.39, 0.29) is 0 Å². The summed E-state index contributed by atoms with van der Waals surface area (Å²) in [5.41, 5.74) is 1.34. The first-order valence-electron chi connectivity index (χ1n) is 6.26. The minimum atomic E-state index is 0.451. The molecule has 0 amide bonds. The zero-order chi connectivity index (χ0) is 11.6. The molecule has 0 aliphatic rings. The van der Waals surface area contributed by atoms with Gasteiger partial charge in [-0.2, -0.15) is 0 Å². The summed E-state index contributed by atoms with van der Waals surface area (Å²) in [6, 6.07) is 11.0. The fourth-order valence-electron chi connectivity index (χ4n) is 1.76. The van der Waals surface area contributed by atoms with Gasteiger partial charge in [0.1, 0.15) is 0 Å². The second kappa shape index (κ2) is 8.12. The molecule has 0 fully saturated rings. The van der Waals surface area contributed by atoms with E-state index in [9.17, 15) is 0 Å². The molecule has 0 bridgehead atoms. The molecule has 1 heteroatoms. The van der Waals surface area contributed by atoms with Gasteiger partial charge in [0.2, 0.25) is 0 Å². The van der Waals surface area contributed by atoms with E-state index in [0.29, 0.717) is 6.04 Å². The Bertz CT molecular complexity index is 279. The van der Waals surface area contributed by atoms with Crippen molar-refractivity contribution in [3.05, 3.63) is 48.6 Å². The van der Waals surface area contributed by atoms with Crippen LogP contribution >= 0.6 is 0 Å². The Morgan fingerprint density at radius 2 is 2.00 bits per heavy atom. The first-order chi connectivity index (χ1) is 7.86. The Kier molecular flexibility index (Phi) is 6.59. The molecule has 0 aromatic heterocycles. The summed E-state index contributed by atoms with van der Waals surface area (Å²) in [5.74, 6) is 0. The maximum atomic E-state index is 3.89. The van der Waals surface area contributed by atoms with Crippen LogP contribution in [-0.2, 0) is 6.54 Å².